The van der Waals surface area contributed by atoms with Crippen molar-refractivity contribution in [3.63, 3.8) is 0 Å². The summed E-state index contributed by atoms with van der Waals surface area (Å²) in [7, 11) is 0. The molecule has 0 saturated carbocycles. The molecular formula is C19H17ClF2N4O3. The van der Waals surface area contributed by atoms with Crippen molar-refractivity contribution < 1.29 is 18.7 Å². The zero-order valence-corrected chi connectivity index (χ0v) is 15.9. The van der Waals surface area contributed by atoms with Crippen LogP contribution in [0.1, 0.15) is 10.4 Å². The monoisotopic (exact) mass is 422 g/mol. The summed E-state index contributed by atoms with van der Waals surface area (Å²) in [6.07, 6.45) is 2.09. The van der Waals surface area contributed by atoms with Gasteiger partial charge >= 0.3 is 5.97 Å². The molecule has 0 bridgehead atoms. The first kappa shape index (κ1) is 20.7. The molecule has 4 rings (SSSR count). The van der Waals surface area contributed by atoms with Crippen molar-refractivity contribution >= 4 is 35.0 Å². The van der Waals surface area contributed by atoms with E-state index in [1.165, 1.54) is 12.1 Å². The number of aromatic amines is 1. The van der Waals surface area contributed by atoms with Gasteiger partial charge in [0.05, 0.1) is 34.0 Å². The number of pyridine rings is 2. The van der Waals surface area contributed by atoms with Crippen LogP contribution in [0.25, 0.3) is 22.2 Å². The highest BCUT2D eigenvalue weighted by Gasteiger charge is 2.25. The van der Waals surface area contributed by atoms with E-state index in [0.717, 1.165) is 18.5 Å². The average Bonchev–Trinajstić information content (AvgIpc) is 2.69. The van der Waals surface area contributed by atoms with Crippen LogP contribution >= 0.6 is 12.4 Å². The lowest BCUT2D eigenvalue weighted by Gasteiger charge is -2.31. The first-order chi connectivity index (χ1) is 13.5. The van der Waals surface area contributed by atoms with Crippen LogP contribution in [0.2, 0.25) is 0 Å². The number of benzene rings is 1. The highest BCUT2D eigenvalue weighted by atomic mass is 35.5. The van der Waals surface area contributed by atoms with E-state index in [2.05, 4.69) is 15.3 Å². The summed E-state index contributed by atoms with van der Waals surface area (Å²) in [6, 6.07) is 3.65. The number of hydrogen-bond donors (Lipinski definition) is 3. The third-order valence-electron chi connectivity index (χ3n) is 4.75. The molecule has 3 aromatic rings. The maximum Gasteiger partial charge on any atom is 0.341 e. The minimum absolute atomic E-state index is 0. The van der Waals surface area contributed by atoms with Crippen molar-refractivity contribution in [1.82, 2.24) is 15.3 Å². The van der Waals surface area contributed by atoms with Gasteiger partial charge in [0.1, 0.15) is 17.2 Å². The first-order valence-corrected chi connectivity index (χ1v) is 8.66. The lowest BCUT2D eigenvalue weighted by Crippen LogP contribution is -2.44. The van der Waals surface area contributed by atoms with E-state index in [1.54, 1.807) is 0 Å². The molecule has 152 valence electrons. The molecule has 0 spiro atoms. The summed E-state index contributed by atoms with van der Waals surface area (Å²) in [5.41, 5.74) is -0.213. The third-order valence-corrected chi connectivity index (χ3v) is 4.75. The van der Waals surface area contributed by atoms with Gasteiger partial charge in [0.15, 0.2) is 0 Å². The van der Waals surface area contributed by atoms with Crippen molar-refractivity contribution in [1.29, 1.82) is 0 Å². The van der Waals surface area contributed by atoms with Gasteiger partial charge in [-0.05, 0) is 18.2 Å². The Bertz CT molecular complexity index is 1130. The van der Waals surface area contributed by atoms with E-state index < -0.39 is 28.6 Å². The highest BCUT2D eigenvalue weighted by Crippen LogP contribution is 2.37. The smallest absolute Gasteiger partial charge is 0.341 e. The van der Waals surface area contributed by atoms with Gasteiger partial charge < -0.3 is 20.3 Å². The fraction of sp³-hybridized carbons (Fsp3) is 0.211. The molecule has 1 aromatic carbocycles. The van der Waals surface area contributed by atoms with Crippen molar-refractivity contribution in [2.75, 3.05) is 31.1 Å². The molecule has 10 heteroatoms. The Morgan fingerprint density at radius 3 is 2.55 bits per heavy atom. The van der Waals surface area contributed by atoms with Crippen LogP contribution in [-0.4, -0.2) is 47.2 Å². The van der Waals surface area contributed by atoms with E-state index in [-0.39, 0.29) is 34.7 Å². The summed E-state index contributed by atoms with van der Waals surface area (Å²) in [5.74, 6) is -2.62. The number of aromatic nitrogens is 2. The van der Waals surface area contributed by atoms with Gasteiger partial charge in [-0.3, -0.25) is 9.78 Å². The first-order valence-electron chi connectivity index (χ1n) is 8.66. The molecule has 7 nitrogen and oxygen atoms in total. The maximum absolute atomic E-state index is 15.2. The van der Waals surface area contributed by atoms with Gasteiger partial charge in [-0.1, -0.05) is 0 Å². The molecular weight excluding hydrogens is 406 g/mol. The highest BCUT2D eigenvalue weighted by molar-refractivity contribution is 6.02. The van der Waals surface area contributed by atoms with Crippen LogP contribution < -0.4 is 15.6 Å². The molecule has 0 amide bonds. The molecule has 3 heterocycles. The van der Waals surface area contributed by atoms with Gasteiger partial charge in [0.25, 0.3) is 0 Å². The predicted molar refractivity (Wildman–Crippen MR) is 107 cm³/mol. The van der Waals surface area contributed by atoms with Gasteiger partial charge in [0, 0.05) is 32.4 Å². The van der Waals surface area contributed by atoms with Crippen LogP contribution in [-0.2, 0) is 0 Å². The van der Waals surface area contributed by atoms with Crippen LogP contribution in [0.5, 0.6) is 0 Å². The van der Waals surface area contributed by atoms with E-state index in [9.17, 15) is 19.1 Å². The minimum atomic E-state index is -1.41. The van der Waals surface area contributed by atoms with Crippen molar-refractivity contribution in [3.8, 4) is 11.3 Å². The largest absolute Gasteiger partial charge is 0.477 e. The number of carboxylic acids is 1. The SMILES string of the molecule is Cl.O=C(O)c1c[nH]c2c(-c3ccc(F)cn3)c(N3CCNCC3)c(F)cc2c1=O. The number of piperazine rings is 1. The van der Waals surface area contributed by atoms with Gasteiger partial charge in [-0.2, -0.15) is 0 Å². The number of carboxylic acid groups (broad SMARTS) is 1. The second kappa shape index (κ2) is 8.14. The Labute approximate surface area is 169 Å². The number of carbonyl (C=O) groups is 1. The molecule has 0 aliphatic carbocycles. The molecule has 0 radical (unpaired) electrons. The van der Waals surface area contributed by atoms with E-state index in [0.29, 0.717) is 31.7 Å². The van der Waals surface area contributed by atoms with E-state index >= 15 is 4.39 Å². The van der Waals surface area contributed by atoms with E-state index in [1.807, 2.05) is 4.90 Å². The molecule has 3 N–H and O–H groups in total. The van der Waals surface area contributed by atoms with Gasteiger partial charge in [-0.15, -0.1) is 12.4 Å². The van der Waals surface area contributed by atoms with Crippen molar-refractivity contribution in [2.45, 2.75) is 0 Å². The zero-order chi connectivity index (χ0) is 19.8. The topological polar surface area (TPSA) is 98.3 Å². The molecule has 0 unspecified atom stereocenters. The lowest BCUT2D eigenvalue weighted by molar-refractivity contribution is 0.0695. The number of aromatic carboxylic acids is 1. The quantitative estimate of drug-likeness (QED) is 0.599. The van der Waals surface area contributed by atoms with Crippen LogP contribution in [0.3, 0.4) is 0 Å². The summed E-state index contributed by atoms with van der Waals surface area (Å²) >= 11 is 0. The summed E-state index contributed by atoms with van der Waals surface area (Å²) < 4.78 is 28.6. The average molecular weight is 423 g/mol. The Morgan fingerprint density at radius 1 is 1.21 bits per heavy atom. The molecule has 1 saturated heterocycles. The maximum atomic E-state index is 15.2. The van der Waals surface area contributed by atoms with Crippen molar-refractivity contribution in [2.24, 2.45) is 0 Å². The van der Waals surface area contributed by atoms with Crippen molar-refractivity contribution in [3.05, 3.63) is 58.0 Å². The molecule has 1 fully saturated rings. The number of nitrogens with one attached hydrogen (secondary N) is 2. The molecule has 2 aromatic heterocycles. The van der Waals surface area contributed by atoms with Crippen LogP contribution in [0.4, 0.5) is 14.5 Å². The molecule has 1 aliphatic rings. The Balaban J connectivity index is 0.00000240. The Kier molecular flexibility index (Phi) is 5.81. The number of hydrogen-bond acceptors (Lipinski definition) is 5. The normalized spacial score (nSPS) is 13.9. The second-order valence-corrected chi connectivity index (χ2v) is 6.44. The third kappa shape index (κ3) is 3.66. The fourth-order valence-electron chi connectivity index (χ4n) is 3.45. The zero-order valence-electron chi connectivity index (χ0n) is 15.0. The Morgan fingerprint density at radius 2 is 1.93 bits per heavy atom. The second-order valence-electron chi connectivity index (χ2n) is 6.44. The standard InChI is InChI=1S/C19H16F2N4O3.ClH/c20-10-1-2-14(23-8-10)15-16-11(18(26)12(9-24-16)19(27)28)7-13(21)17(15)25-5-3-22-4-6-25;/h1-2,7-9,22H,3-6H2,(H,24,26)(H,27,28);1H. The van der Waals surface area contributed by atoms with Crippen LogP contribution in [0, 0.1) is 11.6 Å². The minimum Gasteiger partial charge on any atom is -0.477 e. The number of H-pyrrole nitrogens is 1. The Hall–Kier alpha value is -3.04. The van der Waals surface area contributed by atoms with Gasteiger partial charge in [-0.25, -0.2) is 13.6 Å². The van der Waals surface area contributed by atoms with Gasteiger partial charge in [0.2, 0.25) is 5.43 Å². The van der Waals surface area contributed by atoms with Crippen LogP contribution in [0.15, 0.2) is 35.4 Å². The number of fused-ring (bicyclic) bond motifs is 1. The number of nitrogens with zero attached hydrogens (tertiary/aromatic N) is 2. The summed E-state index contributed by atoms with van der Waals surface area (Å²) in [4.78, 5) is 32.5. The number of halogens is 3. The van der Waals surface area contributed by atoms with E-state index in [4.69, 9.17) is 0 Å². The predicted octanol–water partition coefficient (Wildman–Crippen LogP) is 2.40. The fourth-order valence-corrected chi connectivity index (χ4v) is 3.45. The molecule has 0 atom stereocenters. The molecule has 29 heavy (non-hydrogen) atoms. The summed E-state index contributed by atoms with van der Waals surface area (Å²) in [5, 5.41) is 12.3. The molecule has 1 aliphatic heterocycles. The lowest BCUT2D eigenvalue weighted by atomic mass is 10.0. The number of anilines is 1. The summed E-state index contributed by atoms with van der Waals surface area (Å²) in [6.45, 7) is 2.38. The number of rotatable bonds is 3.